The Bertz CT molecular complexity index is 755. The maximum atomic E-state index is 5.64. The van der Waals surface area contributed by atoms with Crippen molar-refractivity contribution in [1.29, 1.82) is 0 Å². The number of hydrogen-bond acceptors (Lipinski definition) is 7. The van der Waals surface area contributed by atoms with Gasteiger partial charge in [0.05, 0.1) is 12.8 Å². The fourth-order valence-corrected chi connectivity index (χ4v) is 3.37. The van der Waals surface area contributed by atoms with Crippen LogP contribution in [0.5, 0.6) is 11.6 Å². The van der Waals surface area contributed by atoms with Crippen LogP contribution in [0, 0.1) is 5.92 Å². The van der Waals surface area contributed by atoms with Crippen molar-refractivity contribution >= 4 is 18.1 Å². The molecule has 0 unspecified atom stereocenters. The summed E-state index contributed by atoms with van der Waals surface area (Å²) >= 11 is 0. The molecule has 0 N–H and O–H groups in total. The Morgan fingerprint density at radius 3 is 2.63 bits per heavy atom. The Hall–Kier alpha value is -2.25. The van der Waals surface area contributed by atoms with E-state index in [0.717, 1.165) is 23.6 Å². The standard InChI is InChI=1S/C19H23N3O4.ClH/c1-23-16-4-2-14(3-5-16)12-24-19-10-17(26-21-19)13-25-20-18-11-22-8-6-15(18)7-9-22;/h2-5,10,15H,6-9,11-13H2,1H3;1H. The highest BCUT2D eigenvalue weighted by molar-refractivity contribution is 5.89. The van der Waals surface area contributed by atoms with Crippen LogP contribution in [0.25, 0.3) is 0 Å². The van der Waals surface area contributed by atoms with Crippen molar-refractivity contribution in [1.82, 2.24) is 10.1 Å². The molecule has 3 aliphatic heterocycles. The molecule has 0 saturated carbocycles. The number of rotatable bonds is 7. The van der Waals surface area contributed by atoms with Crippen LogP contribution in [0.15, 0.2) is 40.0 Å². The van der Waals surface area contributed by atoms with Gasteiger partial charge in [-0.3, -0.25) is 4.90 Å². The van der Waals surface area contributed by atoms with Crippen molar-refractivity contribution in [3.63, 3.8) is 0 Å². The van der Waals surface area contributed by atoms with E-state index < -0.39 is 0 Å². The average Bonchev–Trinajstić information content (AvgIpc) is 3.15. The molecule has 0 amide bonds. The number of nitrogens with zero attached hydrogens (tertiary/aromatic N) is 3. The first kappa shape index (κ1) is 19.5. The van der Waals surface area contributed by atoms with E-state index in [4.69, 9.17) is 18.8 Å². The van der Waals surface area contributed by atoms with E-state index in [1.54, 1.807) is 13.2 Å². The lowest BCUT2D eigenvalue weighted by atomic mass is 9.87. The van der Waals surface area contributed by atoms with Gasteiger partial charge in [0.15, 0.2) is 12.4 Å². The Labute approximate surface area is 164 Å². The summed E-state index contributed by atoms with van der Waals surface area (Å²) in [6.07, 6.45) is 2.38. The van der Waals surface area contributed by atoms with Crippen LogP contribution in [0.2, 0.25) is 0 Å². The van der Waals surface area contributed by atoms with E-state index in [1.807, 2.05) is 24.3 Å². The number of benzene rings is 1. The van der Waals surface area contributed by atoms with Gasteiger partial charge in [-0.05, 0) is 48.8 Å². The summed E-state index contributed by atoms with van der Waals surface area (Å²) in [7, 11) is 1.64. The molecule has 0 atom stereocenters. The van der Waals surface area contributed by atoms with Crippen molar-refractivity contribution in [2.24, 2.45) is 11.1 Å². The zero-order valence-corrected chi connectivity index (χ0v) is 16.1. The molecule has 27 heavy (non-hydrogen) atoms. The lowest BCUT2D eigenvalue weighted by Gasteiger charge is -2.39. The number of hydrogen-bond donors (Lipinski definition) is 0. The van der Waals surface area contributed by atoms with Crippen LogP contribution >= 0.6 is 12.4 Å². The number of ether oxygens (including phenoxy) is 2. The monoisotopic (exact) mass is 393 g/mol. The van der Waals surface area contributed by atoms with Gasteiger partial charge in [-0.1, -0.05) is 17.3 Å². The molecule has 4 heterocycles. The van der Waals surface area contributed by atoms with Crippen molar-refractivity contribution in [2.45, 2.75) is 26.1 Å². The van der Waals surface area contributed by atoms with Crippen LogP contribution in [-0.4, -0.2) is 42.5 Å². The molecule has 2 bridgehead atoms. The lowest BCUT2D eigenvalue weighted by Crippen LogP contribution is -2.47. The van der Waals surface area contributed by atoms with Crippen molar-refractivity contribution in [3.8, 4) is 11.6 Å². The molecular formula is C19H24ClN3O4. The number of methoxy groups -OCH3 is 1. The highest BCUT2D eigenvalue weighted by Gasteiger charge is 2.31. The molecule has 8 heteroatoms. The number of fused-ring (bicyclic) bond motifs is 3. The molecule has 3 fully saturated rings. The summed E-state index contributed by atoms with van der Waals surface area (Å²) in [6, 6.07) is 9.43. The third-order valence-electron chi connectivity index (χ3n) is 4.92. The third kappa shape index (κ3) is 4.93. The smallest absolute Gasteiger partial charge is 0.254 e. The zero-order valence-electron chi connectivity index (χ0n) is 15.3. The predicted molar refractivity (Wildman–Crippen MR) is 102 cm³/mol. The average molecular weight is 394 g/mol. The largest absolute Gasteiger partial charge is 0.497 e. The maximum absolute atomic E-state index is 5.64. The number of halogens is 1. The number of piperidine rings is 3. The van der Waals surface area contributed by atoms with Crippen LogP contribution < -0.4 is 9.47 Å². The Morgan fingerprint density at radius 2 is 1.96 bits per heavy atom. The third-order valence-corrected chi connectivity index (χ3v) is 4.92. The molecule has 2 aromatic rings. The van der Waals surface area contributed by atoms with Crippen LogP contribution in [0.1, 0.15) is 24.2 Å². The van der Waals surface area contributed by atoms with E-state index in [-0.39, 0.29) is 19.0 Å². The van der Waals surface area contributed by atoms with E-state index >= 15 is 0 Å². The second-order valence-electron chi connectivity index (χ2n) is 6.67. The van der Waals surface area contributed by atoms with Gasteiger partial charge in [-0.2, -0.15) is 0 Å². The van der Waals surface area contributed by atoms with Crippen molar-refractivity contribution < 1.29 is 18.8 Å². The summed E-state index contributed by atoms with van der Waals surface area (Å²) in [4.78, 5) is 7.89. The molecule has 1 aromatic carbocycles. The fourth-order valence-electron chi connectivity index (χ4n) is 3.37. The van der Waals surface area contributed by atoms with Crippen molar-refractivity contribution in [2.75, 3.05) is 26.7 Å². The first-order valence-corrected chi connectivity index (χ1v) is 8.92. The van der Waals surface area contributed by atoms with Crippen LogP contribution in [-0.2, 0) is 18.1 Å². The minimum atomic E-state index is 0. The molecule has 146 valence electrons. The second kappa shape index (κ2) is 9.10. The summed E-state index contributed by atoms with van der Waals surface area (Å²) in [5.74, 6) is 2.44. The first-order chi connectivity index (χ1) is 12.8. The zero-order chi connectivity index (χ0) is 17.8. The van der Waals surface area contributed by atoms with E-state index in [9.17, 15) is 0 Å². The SMILES string of the molecule is COc1ccc(COc2cc(CON=C3CN4CCC3CC4)on2)cc1.Cl. The maximum Gasteiger partial charge on any atom is 0.254 e. The highest BCUT2D eigenvalue weighted by atomic mass is 35.5. The second-order valence-corrected chi connectivity index (χ2v) is 6.67. The number of oxime groups is 1. The highest BCUT2D eigenvalue weighted by Crippen LogP contribution is 2.25. The minimum absolute atomic E-state index is 0. The summed E-state index contributed by atoms with van der Waals surface area (Å²) < 4.78 is 16.0. The van der Waals surface area contributed by atoms with Gasteiger partial charge in [0, 0.05) is 18.5 Å². The van der Waals surface area contributed by atoms with Gasteiger partial charge in [-0.15, -0.1) is 12.4 Å². The Kier molecular flexibility index (Phi) is 6.58. The molecular weight excluding hydrogens is 370 g/mol. The Morgan fingerprint density at radius 1 is 1.19 bits per heavy atom. The van der Waals surface area contributed by atoms with E-state index in [1.165, 1.54) is 25.9 Å². The van der Waals surface area contributed by atoms with E-state index in [0.29, 0.717) is 24.2 Å². The van der Waals surface area contributed by atoms with Gasteiger partial charge in [0.1, 0.15) is 12.4 Å². The van der Waals surface area contributed by atoms with Gasteiger partial charge in [-0.25, -0.2) is 0 Å². The molecule has 0 spiro atoms. The van der Waals surface area contributed by atoms with E-state index in [2.05, 4.69) is 15.2 Å². The molecule has 3 aliphatic rings. The fraction of sp³-hybridized carbons (Fsp3) is 0.474. The summed E-state index contributed by atoms with van der Waals surface area (Å²) in [6.45, 7) is 3.96. The van der Waals surface area contributed by atoms with Crippen LogP contribution in [0.3, 0.4) is 0 Å². The predicted octanol–water partition coefficient (Wildman–Crippen LogP) is 3.28. The molecule has 1 aromatic heterocycles. The van der Waals surface area contributed by atoms with Crippen LogP contribution in [0.4, 0.5) is 0 Å². The Balaban J connectivity index is 0.00000210. The normalized spacial score (nSPS) is 22.3. The van der Waals surface area contributed by atoms with Crippen molar-refractivity contribution in [3.05, 3.63) is 41.7 Å². The van der Waals surface area contributed by atoms with Gasteiger partial charge in [0.2, 0.25) is 0 Å². The lowest BCUT2D eigenvalue weighted by molar-refractivity contribution is 0.0997. The van der Waals surface area contributed by atoms with Gasteiger partial charge < -0.3 is 18.8 Å². The first-order valence-electron chi connectivity index (χ1n) is 8.92. The summed E-state index contributed by atoms with van der Waals surface area (Å²) in [5.41, 5.74) is 2.18. The summed E-state index contributed by atoms with van der Waals surface area (Å²) in [5, 5.41) is 8.22. The minimum Gasteiger partial charge on any atom is -0.497 e. The number of aromatic nitrogens is 1. The van der Waals surface area contributed by atoms with Gasteiger partial charge >= 0.3 is 0 Å². The van der Waals surface area contributed by atoms with Gasteiger partial charge in [0.25, 0.3) is 5.88 Å². The molecule has 0 radical (unpaired) electrons. The molecule has 5 rings (SSSR count). The molecule has 0 aliphatic carbocycles. The molecule has 7 nitrogen and oxygen atoms in total. The molecule has 3 saturated heterocycles. The topological polar surface area (TPSA) is 69.3 Å². The quantitative estimate of drug-likeness (QED) is 0.672.